The number of anilines is 3. The Labute approximate surface area is 402 Å². The summed E-state index contributed by atoms with van der Waals surface area (Å²) in [7, 11) is 3.09. The summed E-state index contributed by atoms with van der Waals surface area (Å²) in [4.78, 5) is 62.6. The molecule has 2 saturated heterocycles. The molecule has 2 fully saturated rings. The molecule has 4 aromatic heterocycles. The summed E-state index contributed by atoms with van der Waals surface area (Å²) in [6.07, 6.45) is -5.40. The summed E-state index contributed by atoms with van der Waals surface area (Å²) in [5.74, 6) is -0.482. The first-order valence-corrected chi connectivity index (χ1v) is 24.7. The van der Waals surface area contributed by atoms with Crippen molar-refractivity contribution in [3.63, 3.8) is 0 Å². The van der Waals surface area contributed by atoms with E-state index >= 15 is 8.78 Å². The zero-order valence-corrected chi connectivity index (χ0v) is 40.3. The lowest BCUT2D eigenvalue weighted by Crippen LogP contribution is -2.53. The molecule has 29 heteroatoms. The number of thioether (sulfide) groups is 1. The normalized spacial score (nSPS) is 23.9. The maximum Gasteiger partial charge on any atom is 0.327 e. The second-order valence-electron chi connectivity index (χ2n) is 16.3. The van der Waals surface area contributed by atoms with E-state index in [0.29, 0.717) is 24.3 Å². The van der Waals surface area contributed by atoms with Crippen molar-refractivity contribution >= 4 is 93.6 Å². The van der Waals surface area contributed by atoms with Gasteiger partial charge in [0, 0.05) is 17.9 Å². The number of carbonyl (C=O) groups excluding carboxylic acids is 3. The van der Waals surface area contributed by atoms with Crippen LogP contribution in [0, 0.1) is 5.92 Å². The number of hydrogen-bond acceptors (Lipinski definition) is 19. The van der Waals surface area contributed by atoms with Gasteiger partial charge < -0.3 is 50.7 Å². The number of nitrogens with zero attached hydrogens (tertiary/aromatic N) is 8. The van der Waals surface area contributed by atoms with Crippen LogP contribution >= 0.6 is 28.7 Å². The Balaban J connectivity index is 0.928. The van der Waals surface area contributed by atoms with Gasteiger partial charge in [-0.1, -0.05) is 32.9 Å². The first-order valence-electron chi connectivity index (χ1n) is 21.6. The summed E-state index contributed by atoms with van der Waals surface area (Å²) < 4.78 is 81.5. The molecule has 2 unspecified atom stereocenters. The summed E-state index contributed by atoms with van der Waals surface area (Å²) in [5.41, 5.74) is 14.2. The molecule has 0 aliphatic carbocycles. The van der Waals surface area contributed by atoms with E-state index < -0.39 is 96.7 Å². The smallest absolute Gasteiger partial charge is 0.327 e. The van der Waals surface area contributed by atoms with E-state index in [4.69, 9.17) is 46.8 Å². The lowest BCUT2D eigenvalue weighted by molar-refractivity contribution is -0.131. The number of fused-ring (bicyclic) bond motifs is 2. The van der Waals surface area contributed by atoms with Crippen molar-refractivity contribution in [1.82, 2.24) is 49.7 Å². The van der Waals surface area contributed by atoms with E-state index in [0.717, 1.165) is 5.56 Å². The van der Waals surface area contributed by atoms with Crippen LogP contribution in [0.4, 0.5) is 26.1 Å². The maximum absolute atomic E-state index is 16.6. The van der Waals surface area contributed by atoms with Crippen LogP contribution in [0.15, 0.2) is 49.6 Å². The van der Waals surface area contributed by atoms with Crippen molar-refractivity contribution in [2.75, 3.05) is 35.9 Å². The number of ether oxygens (including phenoxy) is 3. The molecule has 0 saturated carbocycles. The number of carbonyl (C=O) groups is 3. The van der Waals surface area contributed by atoms with Crippen LogP contribution < -0.4 is 27.4 Å². The Morgan fingerprint density at radius 3 is 2.04 bits per heavy atom. The number of halogens is 2. The van der Waals surface area contributed by atoms with Crippen molar-refractivity contribution in [1.29, 1.82) is 0 Å². The van der Waals surface area contributed by atoms with Gasteiger partial charge in [0.2, 0.25) is 17.7 Å². The van der Waals surface area contributed by atoms with Gasteiger partial charge in [0.1, 0.15) is 68.4 Å². The first kappa shape index (κ1) is 51.7. The molecule has 6 heterocycles. The number of nitrogens with two attached hydrogens (primary N) is 2. The van der Waals surface area contributed by atoms with Gasteiger partial charge in [-0.05, 0) is 37.0 Å². The summed E-state index contributed by atoms with van der Waals surface area (Å²) in [6.45, 7) is 6.49. The number of rotatable bonds is 23. The fourth-order valence-electron chi connectivity index (χ4n) is 7.51. The summed E-state index contributed by atoms with van der Waals surface area (Å²) >= 11 is 1.41. The molecule has 2 aliphatic rings. The molecule has 7 N–H and O–H groups in total. The topological polar surface area (TPSA) is 299 Å². The van der Waals surface area contributed by atoms with E-state index in [-0.39, 0.29) is 58.3 Å². The minimum Gasteiger partial charge on any atom is -0.382 e. The Bertz CT molecular complexity index is 2580. The SMILES string of the molecule is [B]P(OC[C@H]1O[C@@H](n2cnc3c(N)ncnc32)[C@H](F)[C@@H]1OP=O)O[C@H]1[C@@H](F)[C@H](n2cnc3c(N)ncnc32)O[C@@H]1COCSCc1ccc(NC(=O)[C@H](C)NC(=O)C(NC(=O)CCC)C(C)C)cc1. The Kier molecular flexibility index (Phi) is 17.7. The average Bonchev–Trinajstić information content (AvgIpc) is 4.10. The predicted octanol–water partition coefficient (Wildman–Crippen LogP) is 3.98. The van der Waals surface area contributed by atoms with E-state index in [1.165, 1.54) is 46.2 Å². The minimum absolute atomic E-state index is 0.0747. The predicted molar refractivity (Wildman–Crippen MR) is 250 cm³/mol. The number of amides is 3. The molecule has 7 rings (SSSR count). The maximum atomic E-state index is 16.6. The van der Waals surface area contributed by atoms with Crippen LogP contribution in [-0.4, -0.2) is 132 Å². The summed E-state index contributed by atoms with van der Waals surface area (Å²) in [6, 6.07) is 5.45. The Morgan fingerprint density at radius 1 is 0.870 bits per heavy atom. The van der Waals surface area contributed by atoms with Crippen molar-refractivity contribution in [2.24, 2.45) is 5.92 Å². The number of nitrogens with one attached hydrogen (secondary N) is 3. The van der Waals surface area contributed by atoms with Gasteiger partial charge in [0.25, 0.3) is 0 Å². The zero-order chi connectivity index (χ0) is 49.4. The van der Waals surface area contributed by atoms with E-state index in [1.807, 2.05) is 32.9 Å². The van der Waals surface area contributed by atoms with Crippen molar-refractivity contribution in [2.45, 2.75) is 108 Å². The fourth-order valence-corrected chi connectivity index (χ4v) is 9.43. The molecule has 23 nitrogen and oxygen atoms in total. The van der Waals surface area contributed by atoms with E-state index in [2.05, 4.69) is 45.9 Å². The molecule has 3 amide bonds. The quantitative estimate of drug-likeness (QED) is 0.0267. The van der Waals surface area contributed by atoms with Gasteiger partial charge in [-0.3, -0.25) is 28.0 Å². The third-order valence-corrected chi connectivity index (χ3v) is 13.1. The highest BCUT2D eigenvalue weighted by atomic mass is 32.2. The standard InChI is InChI=1S/C40H50BF2N13O10P2S/c1-5-6-25(57)54-28(19(2)3)38(59)52-20(4)37(58)53-22-9-7-21(8-10-22)13-69-18-61-11-23-32(27(43)40(63-23)56-17-51-30-34(45)47-15-49-36(30)56)66-68(41)62-12-24-31(65-67-60)26(42)39(64-24)55-16-50-29-33(44)46-14-48-35(29)55/h7-10,14-17,19-20,23-24,26-28,31-32,39-40H,5-6,11-13,18H2,1-4H3,(H,52,59)(H,53,58)(H,54,57)(H2,44,46,48)(H2,45,47,49)/t20-,23+,24+,26+,27+,28?,31+,32+,39+,40+,68?/m0/s1. The molecule has 0 spiro atoms. The fraction of sp³-hybridized carbons (Fsp3) is 0.525. The first-order chi connectivity index (χ1) is 33.2. The molecular formula is C40H50BF2N13O10P2S. The molecular weight excluding hydrogens is 965 g/mol. The van der Waals surface area contributed by atoms with Crippen molar-refractivity contribution in [3.8, 4) is 0 Å². The minimum atomic E-state index is -2.39. The second-order valence-corrected chi connectivity index (χ2v) is 18.6. The molecule has 368 valence electrons. The second kappa shape index (κ2) is 23.7. The van der Waals surface area contributed by atoms with Gasteiger partial charge in [0.05, 0.1) is 31.8 Å². The monoisotopic (exact) mass is 1020 g/mol. The highest BCUT2D eigenvalue weighted by molar-refractivity contribution is 7.98. The Morgan fingerprint density at radius 2 is 1.46 bits per heavy atom. The van der Waals surface area contributed by atoms with Gasteiger partial charge in [-0.15, -0.1) is 11.8 Å². The number of alkyl halides is 2. The van der Waals surface area contributed by atoms with Gasteiger partial charge >= 0.3 is 8.69 Å². The largest absolute Gasteiger partial charge is 0.382 e. The number of benzene rings is 1. The lowest BCUT2D eigenvalue weighted by Gasteiger charge is -2.25. The van der Waals surface area contributed by atoms with Crippen LogP contribution in [-0.2, 0) is 52.5 Å². The number of aromatic nitrogens is 8. The summed E-state index contributed by atoms with van der Waals surface area (Å²) in [5, 5.41) is 8.21. The van der Waals surface area contributed by atoms with Crippen molar-refractivity contribution in [3.05, 3.63) is 55.1 Å². The molecule has 69 heavy (non-hydrogen) atoms. The molecule has 0 bridgehead atoms. The third kappa shape index (κ3) is 12.3. The molecule has 5 aromatic rings. The highest BCUT2D eigenvalue weighted by Gasteiger charge is 2.50. The van der Waals surface area contributed by atoms with E-state index in [1.54, 1.807) is 19.1 Å². The van der Waals surface area contributed by atoms with Gasteiger partial charge in [-0.25, -0.2) is 43.2 Å². The van der Waals surface area contributed by atoms with Crippen LogP contribution in [0.2, 0.25) is 0 Å². The molecule has 1 aromatic carbocycles. The average molecular weight is 1020 g/mol. The molecule has 2 aliphatic heterocycles. The van der Waals surface area contributed by atoms with Crippen LogP contribution in [0.5, 0.6) is 0 Å². The van der Waals surface area contributed by atoms with Crippen LogP contribution in [0.1, 0.15) is 58.6 Å². The molecule has 2 radical (unpaired) electrons. The highest BCUT2D eigenvalue weighted by Crippen LogP contribution is 2.45. The third-order valence-electron chi connectivity index (χ3n) is 11.0. The number of hydrogen-bond donors (Lipinski definition) is 5. The lowest BCUT2D eigenvalue weighted by atomic mass is 10.0. The van der Waals surface area contributed by atoms with Gasteiger partial charge in [0.15, 0.2) is 55.3 Å². The van der Waals surface area contributed by atoms with Crippen LogP contribution in [0.25, 0.3) is 22.3 Å². The Hall–Kier alpha value is -5.11. The van der Waals surface area contributed by atoms with Gasteiger partial charge in [-0.2, -0.15) is 0 Å². The molecule has 11 atom stereocenters. The number of imidazole rings is 2. The van der Waals surface area contributed by atoms with Crippen molar-refractivity contribution < 1.29 is 55.5 Å². The zero-order valence-electron chi connectivity index (χ0n) is 37.7. The van der Waals surface area contributed by atoms with Crippen LogP contribution in [0.3, 0.4) is 0 Å². The number of nitrogen functional groups attached to an aromatic ring is 2. The van der Waals surface area contributed by atoms with E-state index in [9.17, 15) is 18.9 Å².